The van der Waals surface area contributed by atoms with Gasteiger partial charge in [0.15, 0.2) is 5.82 Å². The summed E-state index contributed by atoms with van der Waals surface area (Å²) in [6.45, 7) is 3.45. The molecule has 0 bridgehead atoms. The molecule has 0 saturated carbocycles. The van der Waals surface area contributed by atoms with Gasteiger partial charge < -0.3 is 19.8 Å². The Labute approximate surface area is 111 Å². The van der Waals surface area contributed by atoms with Gasteiger partial charge in [0.05, 0.1) is 13.2 Å². The maximum absolute atomic E-state index is 8.98. The Morgan fingerprint density at radius 1 is 1.28 bits per heavy atom. The first-order chi connectivity index (χ1) is 8.71. The Hall–Kier alpha value is -0.950. The third kappa shape index (κ3) is 4.73. The van der Waals surface area contributed by atoms with Crippen LogP contribution in [0.2, 0.25) is 5.15 Å². The van der Waals surface area contributed by atoms with Gasteiger partial charge in [-0.05, 0) is 6.92 Å². The van der Waals surface area contributed by atoms with E-state index in [1.807, 2.05) is 6.92 Å². The monoisotopic (exact) mass is 275 g/mol. The smallest absolute Gasteiger partial charge is 0.158 e. The number of hydrogen-bond acceptors (Lipinski definition) is 6. The molecule has 7 heteroatoms. The van der Waals surface area contributed by atoms with E-state index in [0.717, 1.165) is 0 Å². The van der Waals surface area contributed by atoms with Gasteiger partial charge in [-0.15, -0.1) is 0 Å². The second-order valence-electron chi connectivity index (χ2n) is 3.54. The Morgan fingerprint density at radius 2 is 1.94 bits per heavy atom. The Morgan fingerprint density at radius 3 is 2.50 bits per heavy atom. The van der Waals surface area contributed by atoms with Crippen LogP contribution in [0.5, 0.6) is 0 Å². The number of anilines is 1. The van der Waals surface area contributed by atoms with Crippen LogP contribution in [-0.2, 0) is 11.3 Å². The maximum atomic E-state index is 8.98. The zero-order valence-electron chi connectivity index (χ0n) is 10.3. The fraction of sp³-hybridized carbons (Fsp3) is 0.636. The van der Waals surface area contributed by atoms with E-state index in [1.165, 1.54) is 0 Å². The molecule has 1 rings (SSSR count). The van der Waals surface area contributed by atoms with Crippen molar-refractivity contribution < 1.29 is 14.9 Å². The number of hydrogen-bond donors (Lipinski definition) is 2. The average Bonchev–Trinajstić information content (AvgIpc) is 2.35. The lowest BCUT2D eigenvalue weighted by atomic mass is 10.4. The molecule has 0 saturated heterocycles. The molecule has 0 aliphatic rings. The topological polar surface area (TPSA) is 78.7 Å². The van der Waals surface area contributed by atoms with E-state index in [4.69, 9.17) is 26.6 Å². The standard InChI is InChI=1S/C11H18ClN3O3/c1-2-18-8-10-13-9(12)7-11(14-10)15(3-5-16)4-6-17/h7,16-17H,2-6,8H2,1H3. The fourth-order valence-electron chi connectivity index (χ4n) is 1.45. The SMILES string of the molecule is CCOCc1nc(Cl)cc(N(CCO)CCO)n1. The summed E-state index contributed by atoms with van der Waals surface area (Å²) >= 11 is 5.91. The van der Waals surface area contributed by atoms with Crippen molar-refractivity contribution in [3.8, 4) is 0 Å². The van der Waals surface area contributed by atoms with E-state index < -0.39 is 0 Å². The van der Waals surface area contributed by atoms with Gasteiger partial charge in [0.2, 0.25) is 0 Å². The number of halogens is 1. The average molecular weight is 276 g/mol. The molecular weight excluding hydrogens is 258 g/mol. The second-order valence-corrected chi connectivity index (χ2v) is 3.92. The van der Waals surface area contributed by atoms with Crippen molar-refractivity contribution in [2.24, 2.45) is 0 Å². The van der Waals surface area contributed by atoms with Crippen molar-refractivity contribution in [2.45, 2.75) is 13.5 Å². The normalized spacial score (nSPS) is 10.7. The first kappa shape index (κ1) is 15.1. The number of aromatic nitrogens is 2. The van der Waals surface area contributed by atoms with E-state index in [9.17, 15) is 0 Å². The molecule has 0 fully saturated rings. The van der Waals surface area contributed by atoms with Gasteiger partial charge >= 0.3 is 0 Å². The van der Waals surface area contributed by atoms with Crippen molar-refractivity contribution in [2.75, 3.05) is 37.8 Å². The van der Waals surface area contributed by atoms with Crippen LogP contribution in [0.25, 0.3) is 0 Å². The van der Waals surface area contributed by atoms with Crippen LogP contribution < -0.4 is 4.90 Å². The van der Waals surface area contributed by atoms with Crippen LogP contribution in [0.4, 0.5) is 5.82 Å². The molecule has 18 heavy (non-hydrogen) atoms. The molecule has 0 atom stereocenters. The fourth-order valence-corrected chi connectivity index (χ4v) is 1.65. The summed E-state index contributed by atoms with van der Waals surface area (Å²) in [6.07, 6.45) is 0. The lowest BCUT2D eigenvalue weighted by molar-refractivity contribution is 0.128. The number of aliphatic hydroxyl groups is 2. The minimum absolute atomic E-state index is 0.0254. The van der Waals surface area contributed by atoms with Gasteiger partial charge in [-0.1, -0.05) is 11.6 Å². The molecule has 6 nitrogen and oxygen atoms in total. The molecule has 0 unspecified atom stereocenters. The third-order valence-corrected chi connectivity index (χ3v) is 2.42. The van der Waals surface area contributed by atoms with Crippen molar-refractivity contribution >= 4 is 17.4 Å². The van der Waals surface area contributed by atoms with Crippen LogP contribution in [-0.4, -0.2) is 53.1 Å². The van der Waals surface area contributed by atoms with Crippen molar-refractivity contribution in [1.82, 2.24) is 9.97 Å². The molecule has 0 aliphatic heterocycles. The first-order valence-electron chi connectivity index (χ1n) is 5.79. The highest BCUT2D eigenvalue weighted by molar-refractivity contribution is 6.29. The van der Waals surface area contributed by atoms with Gasteiger partial charge in [0.25, 0.3) is 0 Å². The lowest BCUT2D eigenvalue weighted by Crippen LogP contribution is -2.30. The number of nitrogens with zero attached hydrogens (tertiary/aromatic N) is 3. The van der Waals surface area contributed by atoms with Gasteiger partial charge in [0, 0.05) is 25.8 Å². The predicted octanol–water partition coefficient (Wildman–Crippen LogP) is 0.457. The van der Waals surface area contributed by atoms with E-state index >= 15 is 0 Å². The van der Waals surface area contributed by atoms with E-state index in [1.54, 1.807) is 11.0 Å². The highest BCUT2D eigenvalue weighted by Gasteiger charge is 2.10. The minimum atomic E-state index is -0.0254. The summed E-state index contributed by atoms with van der Waals surface area (Å²) in [4.78, 5) is 10.1. The van der Waals surface area contributed by atoms with Gasteiger partial charge in [0.1, 0.15) is 17.6 Å². The molecule has 1 heterocycles. The summed E-state index contributed by atoms with van der Waals surface area (Å²) in [6, 6.07) is 1.60. The zero-order valence-corrected chi connectivity index (χ0v) is 11.1. The molecule has 1 aromatic heterocycles. The van der Waals surface area contributed by atoms with E-state index in [2.05, 4.69) is 9.97 Å². The summed E-state index contributed by atoms with van der Waals surface area (Å²) in [5.41, 5.74) is 0. The molecule has 2 N–H and O–H groups in total. The zero-order chi connectivity index (χ0) is 13.4. The Balaban J connectivity index is 2.87. The second kappa shape index (κ2) is 8.20. The maximum Gasteiger partial charge on any atom is 0.158 e. The molecule has 0 spiro atoms. The largest absolute Gasteiger partial charge is 0.395 e. The Kier molecular flexibility index (Phi) is 6.89. The predicted molar refractivity (Wildman–Crippen MR) is 68.8 cm³/mol. The van der Waals surface area contributed by atoms with E-state index in [-0.39, 0.29) is 19.8 Å². The van der Waals surface area contributed by atoms with Crippen molar-refractivity contribution in [3.63, 3.8) is 0 Å². The molecular formula is C11H18ClN3O3. The lowest BCUT2D eigenvalue weighted by Gasteiger charge is -2.22. The minimum Gasteiger partial charge on any atom is -0.395 e. The van der Waals surface area contributed by atoms with Crippen molar-refractivity contribution in [3.05, 3.63) is 17.0 Å². The van der Waals surface area contributed by atoms with Crippen LogP contribution >= 0.6 is 11.6 Å². The van der Waals surface area contributed by atoms with Crippen molar-refractivity contribution in [1.29, 1.82) is 0 Å². The van der Waals surface area contributed by atoms with Crippen LogP contribution in [0, 0.1) is 0 Å². The number of aliphatic hydroxyl groups excluding tert-OH is 2. The highest BCUT2D eigenvalue weighted by Crippen LogP contribution is 2.16. The van der Waals surface area contributed by atoms with Crippen LogP contribution in [0.1, 0.15) is 12.7 Å². The molecule has 0 amide bonds. The number of rotatable bonds is 8. The van der Waals surface area contributed by atoms with E-state index in [0.29, 0.717) is 36.5 Å². The summed E-state index contributed by atoms with van der Waals surface area (Å²) in [5, 5.41) is 18.3. The van der Waals surface area contributed by atoms with Crippen LogP contribution in [0.15, 0.2) is 6.07 Å². The summed E-state index contributed by atoms with van der Waals surface area (Å²) in [5.74, 6) is 1.06. The van der Waals surface area contributed by atoms with Crippen LogP contribution in [0.3, 0.4) is 0 Å². The molecule has 0 radical (unpaired) electrons. The van der Waals surface area contributed by atoms with Gasteiger partial charge in [-0.25, -0.2) is 9.97 Å². The quantitative estimate of drug-likeness (QED) is 0.671. The molecule has 0 aromatic carbocycles. The Bertz CT molecular complexity index is 359. The van der Waals surface area contributed by atoms with Gasteiger partial charge in [-0.3, -0.25) is 0 Å². The summed E-state index contributed by atoms with van der Waals surface area (Å²) < 4.78 is 5.23. The molecule has 102 valence electrons. The molecule has 0 aliphatic carbocycles. The van der Waals surface area contributed by atoms with Gasteiger partial charge in [-0.2, -0.15) is 0 Å². The number of ether oxygens (including phenoxy) is 1. The first-order valence-corrected chi connectivity index (χ1v) is 6.17. The highest BCUT2D eigenvalue weighted by atomic mass is 35.5. The summed E-state index contributed by atoms with van der Waals surface area (Å²) in [7, 11) is 0. The molecule has 1 aromatic rings. The third-order valence-electron chi connectivity index (χ3n) is 2.23.